The summed E-state index contributed by atoms with van der Waals surface area (Å²) in [5.41, 5.74) is 7.19. The van der Waals surface area contributed by atoms with Crippen molar-refractivity contribution in [3.05, 3.63) is 58.8 Å². The molecule has 1 unspecified atom stereocenters. The first-order chi connectivity index (χ1) is 18.7. The second-order valence-corrected chi connectivity index (χ2v) is 10.4. The van der Waals surface area contributed by atoms with Gasteiger partial charge in [-0.05, 0) is 31.2 Å². The third-order valence-corrected chi connectivity index (χ3v) is 7.99. The normalized spacial score (nSPS) is 15.4. The number of amides is 1. The zero-order valence-electron chi connectivity index (χ0n) is 20.6. The Bertz CT molecular complexity index is 1770. The van der Waals surface area contributed by atoms with E-state index < -0.39 is 17.7 Å². The van der Waals surface area contributed by atoms with Gasteiger partial charge in [0.05, 0.1) is 50.7 Å². The van der Waals surface area contributed by atoms with Gasteiger partial charge in [-0.15, -0.1) is 0 Å². The Morgan fingerprint density at radius 2 is 2.08 bits per heavy atom. The van der Waals surface area contributed by atoms with E-state index in [9.17, 15) is 19.7 Å². The van der Waals surface area contributed by atoms with Gasteiger partial charge < -0.3 is 15.5 Å². The fourth-order valence-corrected chi connectivity index (χ4v) is 6.13. The van der Waals surface area contributed by atoms with E-state index in [0.29, 0.717) is 23.3 Å². The first kappa shape index (κ1) is 26.3. The van der Waals surface area contributed by atoms with Gasteiger partial charge in [0, 0.05) is 36.1 Å². The third-order valence-electron chi connectivity index (χ3n) is 6.80. The quantitative estimate of drug-likeness (QED) is 0.333. The first-order valence-corrected chi connectivity index (χ1v) is 13.0. The number of hydrogen-bond donors (Lipinski definition) is 1. The summed E-state index contributed by atoms with van der Waals surface area (Å²) in [6.07, 6.45) is 1.27. The van der Waals surface area contributed by atoms with E-state index in [1.807, 2.05) is 4.90 Å². The molecule has 0 aliphatic carbocycles. The molecule has 4 aromatic rings. The van der Waals surface area contributed by atoms with Crippen LogP contribution in [0.4, 0.5) is 19.6 Å². The van der Waals surface area contributed by atoms with Crippen LogP contribution in [0.5, 0.6) is 0 Å². The Hall–Kier alpha value is -4.32. The van der Waals surface area contributed by atoms with E-state index >= 15 is 4.39 Å². The molecule has 0 bridgehead atoms. The number of rotatable bonds is 4. The summed E-state index contributed by atoms with van der Waals surface area (Å²) in [7, 11) is 0. The van der Waals surface area contributed by atoms with Crippen LogP contribution in [0.1, 0.15) is 17.7 Å². The maximum atomic E-state index is 16.3. The van der Waals surface area contributed by atoms with Crippen LogP contribution in [-0.2, 0) is 4.79 Å². The number of nitrogens with two attached hydrogens (primary N) is 1. The van der Waals surface area contributed by atoms with Crippen molar-refractivity contribution in [3.8, 4) is 23.3 Å². The van der Waals surface area contributed by atoms with Crippen molar-refractivity contribution in [2.24, 2.45) is 0 Å². The van der Waals surface area contributed by atoms with Crippen molar-refractivity contribution in [1.82, 2.24) is 14.9 Å². The Morgan fingerprint density at radius 1 is 1.31 bits per heavy atom. The van der Waals surface area contributed by atoms with Crippen molar-refractivity contribution >= 4 is 60.8 Å². The van der Waals surface area contributed by atoms with Gasteiger partial charge in [0.2, 0.25) is 5.91 Å². The second-order valence-electron chi connectivity index (χ2n) is 9.00. The van der Waals surface area contributed by atoms with Crippen LogP contribution in [0.25, 0.3) is 32.2 Å². The molecule has 2 aromatic heterocycles. The number of piperazine rings is 1. The number of nitrogens with zero attached hydrogens (tertiary/aromatic N) is 6. The number of nitrogen functional groups attached to an aromatic ring is 1. The highest BCUT2D eigenvalue weighted by Gasteiger charge is 2.33. The molecule has 2 aromatic carbocycles. The number of carbonyl (C=O) groups excluding carboxylic acids is 1. The molecule has 2 N–H and O–H groups in total. The van der Waals surface area contributed by atoms with E-state index in [4.69, 9.17) is 17.3 Å². The summed E-state index contributed by atoms with van der Waals surface area (Å²) in [6.45, 7) is 5.98. The summed E-state index contributed by atoms with van der Waals surface area (Å²) < 4.78 is 30.9. The molecular weight excluding hydrogens is 544 g/mol. The van der Waals surface area contributed by atoms with Gasteiger partial charge in [0.1, 0.15) is 17.4 Å². The number of aryl methyl sites for hydroxylation is 1. The maximum absolute atomic E-state index is 16.3. The van der Waals surface area contributed by atoms with Gasteiger partial charge >= 0.3 is 0 Å². The summed E-state index contributed by atoms with van der Waals surface area (Å²) in [5.74, 6) is -1.57. The van der Waals surface area contributed by atoms with E-state index in [-0.39, 0.29) is 68.0 Å². The number of pyridine rings is 1. The highest BCUT2D eigenvalue weighted by molar-refractivity contribution is 7.22. The largest absolute Gasteiger partial charge is 0.375 e. The van der Waals surface area contributed by atoms with E-state index in [1.165, 1.54) is 24.3 Å². The second kappa shape index (κ2) is 10.1. The molecule has 1 fully saturated rings. The number of nitriles is 2. The molecule has 196 valence electrons. The number of anilines is 2. The summed E-state index contributed by atoms with van der Waals surface area (Å²) in [5, 5.41) is 19.9. The van der Waals surface area contributed by atoms with Gasteiger partial charge in [0.25, 0.3) is 0 Å². The minimum Gasteiger partial charge on any atom is -0.375 e. The smallest absolute Gasteiger partial charge is 0.246 e. The van der Waals surface area contributed by atoms with E-state index in [1.54, 1.807) is 11.8 Å². The number of benzene rings is 2. The van der Waals surface area contributed by atoms with Gasteiger partial charge in [-0.2, -0.15) is 10.5 Å². The van der Waals surface area contributed by atoms with Crippen molar-refractivity contribution in [1.29, 1.82) is 10.5 Å². The molecule has 0 saturated carbocycles. The first-order valence-electron chi connectivity index (χ1n) is 11.8. The molecule has 12 heteroatoms. The average Bonchev–Trinajstić information content (AvgIpc) is 3.32. The van der Waals surface area contributed by atoms with Crippen molar-refractivity contribution < 1.29 is 13.6 Å². The molecule has 1 aliphatic rings. The monoisotopic (exact) mass is 563 g/mol. The molecule has 1 atom stereocenters. The molecule has 1 aliphatic heterocycles. The Labute approximate surface area is 231 Å². The third kappa shape index (κ3) is 4.30. The lowest BCUT2D eigenvalue weighted by Gasteiger charge is -2.42. The van der Waals surface area contributed by atoms with Crippen molar-refractivity contribution in [3.63, 3.8) is 0 Å². The molecule has 3 heterocycles. The lowest BCUT2D eigenvalue weighted by Crippen LogP contribution is -2.55. The van der Waals surface area contributed by atoms with Crippen LogP contribution < -0.4 is 10.6 Å². The molecule has 5 rings (SSSR count). The van der Waals surface area contributed by atoms with Crippen LogP contribution in [0, 0.1) is 41.2 Å². The molecule has 8 nitrogen and oxygen atoms in total. The molecule has 1 amide bonds. The minimum atomic E-state index is -0.750. The van der Waals surface area contributed by atoms with Crippen molar-refractivity contribution in [2.75, 3.05) is 30.3 Å². The number of aromatic nitrogens is 2. The highest BCUT2D eigenvalue weighted by Crippen LogP contribution is 2.43. The lowest BCUT2D eigenvalue weighted by atomic mass is 9.97. The number of thiazole rings is 1. The number of carbonyl (C=O) groups is 1. The van der Waals surface area contributed by atoms with Gasteiger partial charge in [0.15, 0.2) is 10.9 Å². The Balaban J connectivity index is 1.72. The van der Waals surface area contributed by atoms with Crippen LogP contribution >= 0.6 is 22.9 Å². The molecule has 1 saturated heterocycles. The molecule has 39 heavy (non-hydrogen) atoms. The lowest BCUT2D eigenvalue weighted by molar-refractivity contribution is -0.128. The number of fused-ring (bicyclic) bond motifs is 2. The van der Waals surface area contributed by atoms with Crippen molar-refractivity contribution in [2.45, 2.75) is 19.4 Å². The predicted molar refractivity (Wildman–Crippen MR) is 147 cm³/mol. The standard InChI is InChI=1S/C27H20ClF2N7OS/c1-3-20(38)37-9-8-36(12-14(37)6-7-31)25-16-10-18(28)21(22(30)23(16)34-13(2)17(25)11-32)15-4-5-19(29)26-24(15)35-27(33)39-26/h3-5,10,14H,1,6,8-9,12H2,2H3,(H2,33,35). The fourth-order valence-electron chi connectivity index (χ4n) is 5.08. The van der Waals surface area contributed by atoms with Crippen LogP contribution in [0.15, 0.2) is 30.9 Å². The topological polar surface area (TPSA) is 123 Å². The maximum Gasteiger partial charge on any atom is 0.246 e. The van der Waals surface area contributed by atoms with Crippen LogP contribution in [0.2, 0.25) is 5.02 Å². The van der Waals surface area contributed by atoms with Gasteiger partial charge in [-0.3, -0.25) is 4.79 Å². The highest BCUT2D eigenvalue weighted by atomic mass is 35.5. The zero-order chi connectivity index (χ0) is 28.0. The summed E-state index contributed by atoms with van der Waals surface area (Å²) in [6, 6.07) is 7.94. The van der Waals surface area contributed by atoms with E-state index in [2.05, 4.69) is 28.7 Å². The minimum absolute atomic E-state index is 0.00854. The molecular formula is C27H20ClF2N7OS. The zero-order valence-corrected chi connectivity index (χ0v) is 22.2. The van der Waals surface area contributed by atoms with Crippen LogP contribution in [-0.4, -0.2) is 46.5 Å². The fraction of sp³-hybridized carbons (Fsp3) is 0.222. The van der Waals surface area contributed by atoms with E-state index in [0.717, 1.165) is 11.3 Å². The Morgan fingerprint density at radius 3 is 2.77 bits per heavy atom. The number of halogens is 3. The predicted octanol–water partition coefficient (Wildman–Crippen LogP) is 5.32. The van der Waals surface area contributed by atoms with Gasteiger partial charge in [-0.25, -0.2) is 18.7 Å². The SMILES string of the molecule is C=CC(=O)N1CCN(c2c(C#N)c(C)nc3c(F)c(-c4ccc(F)c5sc(N)nc45)c(Cl)cc23)CC1CC#N. The summed E-state index contributed by atoms with van der Waals surface area (Å²) >= 11 is 7.62. The summed E-state index contributed by atoms with van der Waals surface area (Å²) in [4.78, 5) is 24.4. The Kier molecular flexibility index (Phi) is 6.81. The van der Waals surface area contributed by atoms with Crippen LogP contribution in [0.3, 0.4) is 0 Å². The van der Waals surface area contributed by atoms with Gasteiger partial charge in [-0.1, -0.05) is 29.5 Å². The number of hydrogen-bond acceptors (Lipinski definition) is 8. The molecule has 0 radical (unpaired) electrons. The molecule has 0 spiro atoms. The average molecular weight is 564 g/mol.